The first kappa shape index (κ1) is 16.4. The molecule has 7 heteroatoms. The van der Waals surface area contributed by atoms with Crippen LogP contribution in [0.15, 0.2) is 24.3 Å². The van der Waals surface area contributed by atoms with Crippen molar-refractivity contribution in [3.8, 4) is 0 Å². The highest BCUT2D eigenvalue weighted by atomic mass is 32.1. The zero-order valence-corrected chi connectivity index (χ0v) is 14.4. The van der Waals surface area contributed by atoms with E-state index in [0.717, 1.165) is 15.6 Å². The number of aryl methyl sites for hydroxylation is 1. The smallest absolute Gasteiger partial charge is 0.264 e. The summed E-state index contributed by atoms with van der Waals surface area (Å²) in [5.41, 5.74) is 0.922. The van der Waals surface area contributed by atoms with E-state index in [4.69, 9.17) is 0 Å². The first-order chi connectivity index (χ1) is 11.5. The van der Waals surface area contributed by atoms with Gasteiger partial charge in [-0.15, -0.1) is 11.3 Å². The average Bonchev–Trinajstić information content (AvgIpc) is 2.93. The van der Waals surface area contributed by atoms with Crippen molar-refractivity contribution >= 4 is 39.1 Å². The van der Waals surface area contributed by atoms with Crippen molar-refractivity contribution in [2.45, 2.75) is 19.4 Å². The molecule has 0 saturated carbocycles. The summed E-state index contributed by atoms with van der Waals surface area (Å²) in [6, 6.07) is 7.09. The predicted octanol–water partition coefficient (Wildman–Crippen LogP) is 1.29. The Kier molecular flexibility index (Phi) is 4.53. The third-order valence-electron chi connectivity index (χ3n) is 4.29. The van der Waals surface area contributed by atoms with E-state index in [1.165, 1.54) is 23.3 Å². The quantitative estimate of drug-likeness (QED) is 0.880. The first-order valence-corrected chi connectivity index (χ1v) is 8.62. The van der Waals surface area contributed by atoms with E-state index in [1.807, 2.05) is 31.2 Å². The van der Waals surface area contributed by atoms with Gasteiger partial charge < -0.3 is 15.5 Å². The summed E-state index contributed by atoms with van der Waals surface area (Å²) in [5, 5.41) is 6.29. The first-order valence-electron chi connectivity index (χ1n) is 7.80. The normalized spacial score (nSPS) is 17.7. The van der Waals surface area contributed by atoms with E-state index in [9.17, 15) is 14.4 Å². The molecule has 1 saturated heterocycles. The summed E-state index contributed by atoms with van der Waals surface area (Å²) in [7, 11) is 1.52. The van der Waals surface area contributed by atoms with Crippen LogP contribution in [0.3, 0.4) is 0 Å². The van der Waals surface area contributed by atoms with Gasteiger partial charge in [-0.25, -0.2) is 0 Å². The molecule has 1 aromatic heterocycles. The van der Waals surface area contributed by atoms with Crippen LogP contribution in [-0.2, 0) is 9.59 Å². The largest absolute Gasteiger partial charge is 0.359 e. The van der Waals surface area contributed by atoms with Gasteiger partial charge in [-0.3, -0.25) is 14.4 Å². The van der Waals surface area contributed by atoms with Crippen molar-refractivity contribution in [1.82, 2.24) is 15.5 Å². The zero-order chi connectivity index (χ0) is 17.3. The highest BCUT2D eigenvalue weighted by molar-refractivity contribution is 7.21. The Labute approximate surface area is 143 Å². The average molecular weight is 345 g/mol. The lowest BCUT2D eigenvalue weighted by atomic mass is 10.1. The number of fused-ring (bicyclic) bond motifs is 1. The number of benzene rings is 1. The van der Waals surface area contributed by atoms with Crippen LogP contribution < -0.4 is 10.6 Å². The summed E-state index contributed by atoms with van der Waals surface area (Å²) >= 11 is 1.43. The van der Waals surface area contributed by atoms with Crippen LogP contribution in [0.5, 0.6) is 0 Å². The van der Waals surface area contributed by atoms with Gasteiger partial charge in [0.2, 0.25) is 11.8 Å². The Morgan fingerprint density at radius 3 is 2.83 bits per heavy atom. The number of hydrogen-bond acceptors (Lipinski definition) is 4. The van der Waals surface area contributed by atoms with Gasteiger partial charge in [0.1, 0.15) is 6.04 Å². The summed E-state index contributed by atoms with van der Waals surface area (Å²) < 4.78 is 1.04. The lowest BCUT2D eigenvalue weighted by Gasteiger charge is -2.34. The Morgan fingerprint density at radius 1 is 1.38 bits per heavy atom. The maximum atomic E-state index is 13.0. The molecule has 2 N–H and O–H groups in total. The van der Waals surface area contributed by atoms with Crippen LogP contribution in [-0.4, -0.2) is 48.8 Å². The molecule has 24 heavy (non-hydrogen) atoms. The van der Waals surface area contributed by atoms with Crippen molar-refractivity contribution < 1.29 is 14.4 Å². The fourth-order valence-corrected chi connectivity index (χ4v) is 4.11. The van der Waals surface area contributed by atoms with Crippen molar-refractivity contribution in [1.29, 1.82) is 0 Å². The number of carbonyl (C=O) groups excluding carboxylic acids is 3. The van der Waals surface area contributed by atoms with Crippen molar-refractivity contribution in [3.05, 3.63) is 34.7 Å². The fourth-order valence-electron chi connectivity index (χ4n) is 2.95. The van der Waals surface area contributed by atoms with E-state index in [2.05, 4.69) is 10.6 Å². The van der Waals surface area contributed by atoms with Crippen LogP contribution in [0.2, 0.25) is 0 Å². The summed E-state index contributed by atoms with van der Waals surface area (Å²) in [6.45, 7) is 2.72. The highest BCUT2D eigenvalue weighted by Crippen LogP contribution is 2.32. The van der Waals surface area contributed by atoms with Gasteiger partial charge in [0.05, 0.1) is 11.3 Å². The van der Waals surface area contributed by atoms with Gasteiger partial charge in [-0.1, -0.05) is 18.2 Å². The molecule has 0 radical (unpaired) electrons. The van der Waals surface area contributed by atoms with E-state index >= 15 is 0 Å². The number of hydrogen-bond donors (Lipinski definition) is 2. The zero-order valence-electron chi connectivity index (χ0n) is 13.6. The Hall–Kier alpha value is -2.41. The van der Waals surface area contributed by atoms with Crippen LogP contribution in [0.4, 0.5) is 0 Å². The van der Waals surface area contributed by atoms with E-state index in [-0.39, 0.29) is 24.1 Å². The molecule has 1 atom stereocenters. The van der Waals surface area contributed by atoms with Gasteiger partial charge in [0.25, 0.3) is 5.91 Å². The SMILES string of the molecule is CNC(=O)C[C@H]1C(=O)NCCN1C(=O)c1sc2ccccc2c1C. The summed E-state index contributed by atoms with van der Waals surface area (Å²) in [4.78, 5) is 39.1. The number of nitrogens with zero attached hydrogens (tertiary/aromatic N) is 1. The van der Waals surface area contributed by atoms with Crippen molar-refractivity contribution in [3.63, 3.8) is 0 Å². The molecular formula is C17H19N3O3S. The Bertz CT molecular complexity index is 815. The molecule has 0 spiro atoms. The summed E-state index contributed by atoms with van der Waals surface area (Å²) in [6.07, 6.45) is -0.0297. The molecule has 0 unspecified atom stereocenters. The molecule has 6 nitrogen and oxygen atoms in total. The molecule has 1 fully saturated rings. The lowest BCUT2D eigenvalue weighted by Crippen LogP contribution is -2.58. The molecule has 2 heterocycles. The van der Waals surface area contributed by atoms with Crippen LogP contribution >= 0.6 is 11.3 Å². The van der Waals surface area contributed by atoms with E-state index in [1.54, 1.807) is 0 Å². The van der Waals surface area contributed by atoms with E-state index < -0.39 is 6.04 Å². The minimum atomic E-state index is -0.768. The monoisotopic (exact) mass is 345 g/mol. The Balaban J connectivity index is 1.94. The number of amides is 3. The molecule has 3 amide bonds. The number of rotatable bonds is 3. The topological polar surface area (TPSA) is 78.5 Å². The highest BCUT2D eigenvalue weighted by Gasteiger charge is 2.36. The molecule has 2 aromatic rings. The minimum Gasteiger partial charge on any atom is -0.359 e. The number of thiophene rings is 1. The van der Waals surface area contributed by atoms with Gasteiger partial charge in [-0.05, 0) is 23.9 Å². The standard InChI is InChI=1S/C17H19N3O3S/c1-10-11-5-3-4-6-13(11)24-15(10)17(23)20-8-7-19-16(22)12(20)9-14(21)18-2/h3-6,12H,7-9H2,1-2H3,(H,18,21)(H,19,22)/t12-/m0/s1. The molecule has 0 bridgehead atoms. The van der Waals surface area contributed by atoms with Gasteiger partial charge >= 0.3 is 0 Å². The molecule has 1 aromatic carbocycles. The molecular weight excluding hydrogens is 326 g/mol. The lowest BCUT2D eigenvalue weighted by molar-refractivity contribution is -0.132. The molecule has 1 aliphatic heterocycles. The number of carbonyl (C=O) groups is 3. The maximum Gasteiger partial charge on any atom is 0.264 e. The predicted molar refractivity (Wildman–Crippen MR) is 93.1 cm³/mol. The third-order valence-corrected chi connectivity index (χ3v) is 5.55. The second-order valence-electron chi connectivity index (χ2n) is 5.74. The fraction of sp³-hybridized carbons (Fsp3) is 0.353. The second kappa shape index (κ2) is 6.60. The molecule has 0 aliphatic carbocycles. The minimum absolute atomic E-state index is 0.0297. The molecule has 1 aliphatic rings. The summed E-state index contributed by atoms with van der Waals surface area (Å²) in [5.74, 6) is -0.725. The van der Waals surface area contributed by atoms with Crippen molar-refractivity contribution in [2.24, 2.45) is 0 Å². The maximum absolute atomic E-state index is 13.0. The number of nitrogens with one attached hydrogen (secondary N) is 2. The van der Waals surface area contributed by atoms with Gasteiger partial charge in [-0.2, -0.15) is 0 Å². The van der Waals surface area contributed by atoms with Gasteiger partial charge in [0.15, 0.2) is 0 Å². The third kappa shape index (κ3) is 2.87. The van der Waals surface area contributed by atoms with Gasteiger partial charge in [0, 0.05) is 24.8 Å². The second-order valence-corrected chi connectivity index (χ2v) is 6.79. The van der Waals surface area contributed by atoms with Crippen LogP contribution in [0.1, 0.15) is 21.7 Å². The molecule has 126 valence electrons. The Morgan fingerprint density at radius 2 is 2.12 bits per heavy atom. The number of piperazine rings is 1. The molecule has 3 rings (SSSR count). The van der Waals surface area contributed by atoms with E-state index in [0.29, 0.717) is 18.0 Å². The van der Waals surface area contributed by atoms with Crippen LogP contribution in [0, 0.1) is 6.92 Å². The van der Waals surface area contributed by atoms with Crippen LogP contribution in [0.25, 0.3) is 10.1 Å². The van der Waals surface area contributed by atoms with Crippen molar-refractivity contribution in [2.75, 3.05) is 20.1 Å².